The largest absolute Gasteiger partial charge is 0.352 e. The number of anilines is 1. The van der Waals surface area contributed by atoms with E-state index in [0.29, 0.717) is 0 Å². The van der Waals surface area contributed by atoms with Crippen LogP contribution in [0.15, 0.2) is 36.4 Å². The summed E-state index contributed by atoms with van der Waals surface area (Å²) in [6.45, 7) is 8.05. The fourth-order valence-electron chi connectivity index (χ4n) is 2.84. The molecule has 1 aromatic carbocycles. The first-order valence-electron chi connectivity index (χ1n) is 7.45. The number of nitrogens with zero attached hydrogens (tertiary/aromatic N) is 3. The zero-order valence-electron chi connectivity index (χ0n) is 12.9. The monoisotopic (exact) mass is 279 g/mol. The summed E-state index contributed by atoms with van der Waals surface area (Å²) in [5, 5.41) is 0. The minimum atomic E-state index is 0.846. The van der Waals surface area contributed by atoms with Crippen LogP contribution in [0.3, 0.4) is 0 Å². The maximum atomic E-state index is 4.56. The lowest BCUT2D eigenvalue weighted by atomic mass is 9.98. The van der Waals surface area contributed by atoms with Crippen molar-refractivity contribution in [3.8, 4) is 0 Å². The van der Waals surface area contributed by atoms with Gasteiger partial charge >= 0.3 is 0 Å². The minimum absolute atomic E-state index is 0.846. The molecule has 108 valence electrons. The quantitative estimate of drug-likeness (QED) is 0.839. The second-order valence-corrected chi connectivity index (χ2v) is 5.71. The van der Waals surface area contributed by atoms with Crippen molar-refractivity contribution in [2.45, 2.75) is 27.2 Å². The van der Waals surface area contributed by atoms with Crippen LogP contribution in [0.4, 0.5) is 5.82 Å². The van der Waals surface area contributed by atoms with Gasteiger partial charge in [0.1, 0.15) is 11.6 Å². The number of rotatable bonds is 2. The van der Waals surface area contributed by atoms with Crippen LogP contribution >= 0.6 is 0 Å². The summed E-state index contributed by atoms with van der Waals surface area (Å²) in [7, 11) is 0. The molecule has 3 heteroatoms. The summed E-state index contributed by atoms with van der Waals surface area (Å²) in [5.74, 6) is 1.89. The van der Waals surface area contributed by atoms with E-state index in [0.717, 1.165) is 36.8 Å². The van der Waals surface area contributed by atoms with E-state index >= 15 is 0 Å². The van der Waals surface area contributed by atoms with Crippen LogP contribution in [0.25, 0.3) is 5.57 Å². The third-order valence-electron chi connectivity index (χ3n) is 3.87. The van der Waals surface area contributed by atoms with Gasteiger partial charge in [0.05, 0.1) is 0 Å². The van der Waals surface area contributed by atoms with E-state index in [1.54, 1.807) is 0 Å². The first-order chi connectivity index (χ1) is 10.1. The smallest absolute Gasteiger partial charge is 0.132 e. The summed E-state index contributed by atoms with van der Waals surface area (Å²) in [5.41, 5.74) is 5.14. The second kappa shape index (κ2) is 5.68. The van der Waals surface area contributed by atoms with Gasteiger partial charge in [-0.2, -0.15) is 0 Å². The molecule has 0 amide bonds. The summed E-state index contributed by atoms with van der Waals surface area (Å²) in [4.78, 5) is 11.2. The highest BCUT2D eigenvalue weighted by molar-refractivity contribution is 5.68. The molecule has 0 aliphatic carbocycles. The Labute approximate surface area is 126 Å². The van der Waals surface area contributed by atoms with Gasteiger partial charge in [0.15, 0.2) is 0 Å². The van der Waals surface area contributed by atoms with Crippen LogP contribution in [0, 0.1) is 20.8 Å². The topological polar surface area (TPSA) is 29.0 Å². The summed E-state index contributed by atoms with van der Waals surface area (Å²) in [6.07, 6.45) is 3.39. The number of aromatic nitrogens is 2. The summed E-state index contributed by atoms with van der Waals surface area (Å²) >= 11 is 0. The fourth-order valence-corrected chi connectivity index (χ4v) is 2.84. The number of hydrogen-bond donors (Lipinski definition) is 0. The Balaban J connectivity index is 1.80. The number of hydrogen-bond acceptors (Lipinski definition) is 3. The molecule has 1 aromatic heterocycles. The fraction of sp³-hybridized carbons (Fsp3) is 0.333. The van der Waals surface area contributed by atoms with Gasteiger partial charge < -0.3 is 4.90 Å². The molecule has 0 N–H and O–H groups in total. The molecule has 3 rings (SSSR count). The first kappa shape index (κ1) is 13.8. The van der Waals surface area contributed by atoms with E-state index < -0.39 is 0 Å². The second-order valence-electron chi connectivity index (χ2n) is 5.71. The lowest BCUT2D eigenvalue weighted by molar-refractivity contribution is 0.805. The van der Waals surface area contributed by atoms with Crippen molar-refractivity contribution in [1.29, 1.82) is 0 Å². The van der Waals surface area contributed by atoms with Crippen LogP contribution in [0.2, 0.25) is 0 Å². The van der Waals surface area contributed by atoms with Crippen molar-refractivity contribution in [3.05, 3.63) is 59.1 Å². The lowest BCUT2D eigenvalue weighted by Crippen LogP contribution is -2.29. The number of benzene rings is 1. The van der Waals surface area contributed by atoms with Gasteiger partial charge in [0, 0.05) is 24.8 Å². The Kier molecular flexibility index (Phi) is 3.74. The Bertz CT molecular complexity index is 668. The highest BCUT2D eigenvalue weighted by Gasteiger charge is 2.15. The Morgan fingerprint density at radius 3 is 2.57 bits per heavy atom. The van der Waals surface area contributed by atoms with Crippen molar-refractivity contribution >= 4 is 11.4 Å². The van der Waals surface area contributed by atoms with Gasteiger partial charge in [-0.3, -0.25) is 0 Å². The maximum Gasteiger partial charge on any atom is 0.132 e. The van der Waals surface area contributed by atoms with Crippen molar-refractivity contribution in [2.24, 2.45) is 0 Å². The van der Waals surface area contributed by atoms with Gasteiger partial charge in [-0.05, 0) is 38.3 Å². The average molecular weight is 279 g/mol. The van der Waals surface area contributed by atoms with Crippen LogP contribution in [0.1, 0.15) is 29.1 Å². The molecule has 3 nitrogen and oxygen atoms in total. The first-order valence-corrected chi connectivity index (χ1v) is 7.45. The molecule has 2 heterocycles. The normalized spacial score (nSPS) is 15.0. The van der Waals surface area contributed by atoms with Gasteiger partial charge in [0.2, 0.25) is 0 Å². The standard InChI is InChI=1S/C18H21N3/c1-13-5-4-6-17(11-13)16-7-9-21(10-8-16)18-12-14(2)19-15(3)20-18/h4-7,11-12H,8-10H2,1-3H3. The third kappa shape index (κ3) is 3.13. The molecule has 0 bridgehead atoms. The summed E-state index contributed by atoms with van der Waals surface area (Å²) < 4.78 is 0. The van der Waals surface area contributed by atoms with Crippen molar-refractivity contribution in [2.75, 3.05) is 18.0 Å². The van der Waals surface area contributed by atoms with Crippen molar-refractivity contribution in [1.82, 2.24) is 9.97 Å². The van der Waals surface area contributed by atoms with Crippen LogP contribution in [0.5, 0.6) is 0 Å². The Hall–Kier alpha value is -2.16. The molecule has 0 saturated heterocycles. The molecule has 21 heavy (non-hydrogen) atoms. The van der Waals surface area contributed by atoms with E-state index in [9.17, 15) is 0 Å². The van der Waals surface area contributed by atoms with Crippen molar-refractivity contribution < 1.29 is 0 Å². The Morgan fingerprint density at radius 1 is 1.05 bits per heavy atom. The van der Waals surface area contributed by atoms with Crippen LogP contribution < -0.4 is 4.90 Å². The van der Waals surface area contributed by atoms with Gasteiger partial charge in [-0.15, -0.1) is 0 Å². The minimum Gasteiger partial charge on any atom is -0.352 e. The zero-order chi connectivity index (χ0) is 14.8. The molecular formula is C18H21N3. The zero-order valence-corrected chi connectivity index (χ0v) is 12.9. The van der Waals surface area contributed by atoms with E-state index in [1.165, 1.54) is 16.7 Å². The predicted molar refractivity (Wildman–Crippen MR) is 87.5 cm³/mol. The van der Waals surface area contributed by atoms with E-state index in [4.69, 9.17) is 0 Å². The molecule has 2 aromatic rings. The SMILES string of the molecule is Cc1cccc(C2=CCN(c3cc(C)nc(C)n3)CC2)c1. The van der Waals surface area contributed by atoms with Crippen LogP contribution in [-0.4, -0.2) is 23.1 Å². The van der Waals surface area contributed by atoms with Gasteiger partial charge in [-0.1, -0.05) is 35.9 Å². The molecule has 0 atom stereocenters. The highest BCUT2D eigenvalue weighted by atomic mass is 15.2. The van der Waals surface area contributed by atoms with E-state index in [2.05, 4.69) is 58.2 Å². The predicted octanol–water partition coefficient (Wildman–Crippen LogP) is 3.70. The average Bonchev–Trinajstić information content (AvgIpc) is 2.46. The molecule has 0 radical (unpaired) electrons. The van der Waals surface area contributed by atoms with Crippen LogP contribution in [-0.2, 0) is 0 Å². The van der Waals surface area contributed by atoms with E-state index in [1.807, 2.05) is 13.8 Å². The molecule has 0 unspecified atom stereocenters. The lowest BCUT2D eigenvalue weighted by Gasteiger charge is -2.28. The molecular weight excluding hydrogens is 258 g/mol. The summed E-state index contributed by atoms with van der Waals surface area (Å²) in [6, 6.07) is 10.8. The van der Waals surface area contributed by atoms with E-state index in [-0.39, 0.29) is 0 Å². The molecule has 0 fully saturated rings. The Morgan fingerprint density at radius 2 is 1.90 bits per heavy atom. The third-order valence-corrected chi connectivity index (χ3v) is 3.87. The van der Waals surface area contributed by atoms with Crippen molar-refractivity contribution in [3.63, 3.8) is 0 Å². The number of aryl methyl sites for hydroxylation is 3. The molecule has 0 spiro atoms. The molecule has 1 aliphatic rings. The molecule has 1 aliphatic heterocycles. The molecule has 0 saturated carbocycles. The highest BCUT2D eigenvalue weighted by Crippen LogP contribution is 2.25. The maximum absolute atomic E-state index is 4.56. The van der Waals surface area contributed by atoms with Gasteiger partial charge in [0.25, 0.3) is 0 Å². The van der Waals surface area contributed by atoms with Gasteiger partial charge in [-0.25, -0.2) is 9.97 Å².